The smallest absolute Gasteiger partial charge is 0.377 e. The number of carbonyl (C=O) groups is 2. The first kappa shape index (κ1) is 12.6. The highest BCUT2D eigenvalue weighted by atomic mass is 17.1. The van der Waals surface area contributed by atoms with E-state index < -0.39 is 40.3 Å². The minimum atomic E-state index is -1.64. The van der Waals surface area contributed by atoms with Crippen molar-refractivity contribution in [2.24, 2.45) is 0 Å². The monoisotopic (exact) mass is 244 g/mol. The van der Waals surface area contributed by atoms with Crippen LogP contribution in [0, 0.1) is 6.92 Å². The van der Waals surface area contributed by atoms with Crippen LogP contribution in [-0.2, 0) is 4.89 Å². The zero-order chi connectivity index (χ0) is 13.3. The Labute approximate surface area is 93.9 Å². The lowest BCUT2D eigenvalue weighted by atomic mass is 9.99. The van der Waals surface area contributed by atoms with E-state index >= 15 is 0 Å². The maximum Gasteiger partial charge on any atom is 0.377 e. The molecule has 0 bridgehead atoms. The van der Waals surface area contributed by atoms with E-state index in [0.717, 1.165) is 6.92 Å². The summed E-state index contributed by atoms with van der Waals surface area (Å²) in [6.07, 6.45) is 0. The van der Waals surface area contributed by atoms with Crippen LogP contribution in [0.3, 0.4) is 0 Å². The van der Waals surface area contributed by atoms with Crippen molar-refractivity contribution >= 4 is 11.9 Å². The molecule has 0 heterocycles. The van der Waals surface area contributed by atoms with Crippen LogP contribution in [0.5, 0.6) is 17.2 Å². The number of carboxylic acid groups (broad SMARTS) is 1. The molecule has 0 aliphatic rings. The first-order chi connectivity index (χ1) is 7.82. The summed E-state index contributed by atoms with van der Waals surface area (Å²) >= 11 is 0. The lowest BCUT2D eigenvalue weighted by molar-refractivity contribution is -0.183. The second-order valence-electron chi connectivity index (χ2n) is 3.10. The summed E-state index contributed by atoms with van der Waals surface area (Å²) in [5, 5.41) is 44.9. The van der Waals surface area contributed by atoms with Crippen molar-refractivity contribution in [1.82, 2.24) is 0 Å². The predicted molar refractivity (Wildman–Crippen MR) is 51.2 cm³/mol. The first-order valence-electron chi connectivity index (χ1n) is 4.19. The van der Waals surface area contributed by atoms with E-state index in [4.69, 9.17) is 10.4 Å². The van der Waals surface area contributed by atoms with Gasteiger partial charge in [0.05, 0.1) is 5.56 Å². The number of rotatable bonds is 2. The van der Waals surface area contributed by atoms with Gasteiger partial charge in [0.25, 0.3) is 0 Å². The van der Waals surface area contributed by atoms with Crippen molar-refractivity contribution < 1.29 is 40.2 Å². The predicted octanol–water partition coefficient (Wildman–Crippen LogP) is 0.440. The van der Waals surface area contributed by atoms with Crippen LogP contribution in [0.15, 0.2) is 0 Å². The number of phenols is 3. The molecule has 92 valence electrons. The Morgan fingerprint density at radius 2 is 1.53 bits per heavy atom. The van der Waals surface area contributed by atoms with Gasteiger partial charge in [-0.05, 0) is 6.92 Å². The molecule has 1 aromatic rings. The average molecular weight is 244 g/mol. The van der Waals surface area contributed by atoms with Crippen molar-refractivity contribution in [3.05, 3.63) is 16.7 Å². The van der Waals surface area contributed by atoms with Gasteiger partial charge in [0.15, 0.2) is 11.5 Å². The molecular formula is C9H8O8. The average Bonchev–Trinajstić information content (AvgIpc) is 2.29. The van der Waals surface area contributed by atoms with E-state index in [1.54, 1.807) is 0 Å². The van der Waals surface area contributed by atoms with Crippen LogP contribution >= 0.6 is 0 Å². The lowest BCUT2D eigenvalue weighted by Gasteiger charge is -2.12. The standard InChI is InChI=1S/C9H8O8/c1-2-3(8(13)14)4(9(15)17-16)6(11)7(12)5(2)10/h10-12,16H,1H3,(H,13,14). The van der Waals surface area contributed by atoms with Gasteiger partial charge in [-0.1, -0.05) is 0 Å². The number of phenolic OH excluding ortho intramolecular Hbond substituents is 3. The number of benzene rings is 1. The van der Waals surface area contributed by atoms with Crippen molar-refractivity contribution in [3.8, 4) is 17.2 Å². The molecule has 0 atom stereocenters. The molecule has 0 aromatic heterocycles. The third kappa shape index (κ3) is 1.81. The second kappa shape index (κ2) is 4.18. The van der Waals surface area contributed by atoms with E-state index in [2.05, 4.69) is 4.89 Å². The highest BCUT2D eigenvalue weighted by Gasteiger charge is 2.30. The van der Waals surface area contributed by atoms with Gasteiger partial charge < -0.3 is 20.4 Å². The molecule has 8 nitrogen and oxygen atoms in total. The molecule has 0 saturated heterocycles. The second-order valence-corrected chi connectivity index (χ2v) is 3.10. The minimum Gasteiger partial charge on any atom is -0.504 e. The topological polar surface area (TPSA) is 145 Å². The SMILES string of the molecule is Cc1c(O)c(O)c(O)c(C(=O)OO)c1C(=O)O. The fraction of sp³-hybridized carbons (Fsp3) is 0.111. The Kier molecular flexibility index (Phi) is 3.09. The van der Waals surface area contributed by atoms with Gasteiger partial charge in [-0.2, -0.15) is 5.26 Å². The third-order valence-corrected chi connectivity index (χ3v) is 2.17. The molecule has 8 heteroatoms. The molecule has 5 N–H and O–H groups in total. The fourth-order valence-corrected chi connectivity index (χ4v) is 1.34. The maximum atomic E-state index is 11.1. The van der Waals surface area contributed by atoms with Gasteiger partial charge >= 0.3 is 11.9 Å². The van der Waals surface area contributed by atoms with Gasteiger partial charge in [0.2, 0.25) is 5.75 Å². The Hall–Kier alpha value is -2.48. The van der Waals surface area contributed by atoms with Gasteiger partial charge in [-0.15, -0.1) is 0 Å². The molecule has 1 rings (SSSR count). The summed E-state index contributed by atoms with van der Waals surface area (Å²) in [7, 11) is 0. The van der Waals surface area contributed by atoms with E-state index in [9.17, 15) is 24.9 Å². The Morgan fingerprint density at radius 3 is 1.94 bits per heavy atom. The molecule has 0 spiro atoms. The molecule has 0 aliphatic carbocycles. The number of aromatic hydroxyl groups is 3. The Balaban J connectivity index is 3.78. The fourth-order valence-electron chi connectivity index (χ4n) is 1.34. The largest absolute Gasteiger partial charge is 0.504 e. The number of hydrogen-bond donors (Lipinski definition) is 5. The van der Waals surface area contributed by atoms with Crippen LogP contribution in [0.25, 0.3) is 0 Å². The molecule has 0 amide bonds. The van der Waals surface area contributed by atoms with E-state index in [1.165, 1.54) is 0 Å². The normalized spacial score (nSPS) is 10.0. The summed E-state index contributed by atoms with van der Waals surface area (Å²) in [4.78, 5) is 25.3. The Bertz CT molecular complexity index is 504. The molecule has 0 radical (unpaired) electrons. The van der Waals surface area contributed by atoms with E-state index in [1.807, 2.05) is 0 Å². The van der Waals surface area contributed by atoms with Crippen molar-refractivity contribution in [2.45, 2.75) is 6.92 Å². The summed E-state index contributed by atoms with van der Waals surface area (Å²) in [6, 6.07) is 0. The van der Waals surface area contributed by atoms with Crippen LogP contribution in [0.4, 0.5) is 0 Å². The lowest BCUT2D eigenvalue weighted by Crippen LogP contribution is -2.12. The molecule has 0 unspecified atom stereocenters. The van der Waals surface area contributed by atoms with Gasteiger partial charge in [0.1, 0.15) is 5.56 Å². The molecular weight excluding hydrogens is 236 g/mol. The van der Waals surface area contributed by atoms with Crippen LogP contribution in [-0.4, -0.2) is 37.6 Å². The molecule has 1 aromatic carbocycles. The molecule has 0 aliphatic heterocycles. The van der Waals surface area contributed by atoms with Crippen molar-refractivity contribution in [3.63, 3.8) is 0 Å². The van der Waals surface area contributed by atoms with E-state index in [0.29, 0.717) is 0 Å². The maximum absolute atomic E-state index is 11.1. The summed E-state index contributed by atoms with van der Waals surface area (Å²) in [5.41, 5.74) is -2.09. The first-order valence-corrected chi connectivity index (χ1v) is 4.19. The number of carbonyl (C=O) groups excluding carboxylic acids is 1. The summed E-state index contributed by atoms with van der Waals surface area (Å²) in [6.45, 7) is 1.10. The summed E-state index contributed by atoms with van der Waals surface area (Å²) in [5.74, 6) is -6.36. The minimum absolute atomic E-state index is 0.354. The zero-order valence-corrected chi connectivity index (χ0v) is 8.46. The molecule has 17 heavy (non-hydrogen) atoms. The van der Waals surface area contributed by atoms with Crippen LogP contribution < -0.4 is 0 Å². The highest BCUT2D eigenvalue weighted by molar-refractivity contribution is 6.06. The Morgan fingerprint density at radius 1 is 1.00 bits per heavy atom. The van der Waals surface area contributed by atoms with Gasteiger partial charge in [-0.25, -0.2) is 9.59 Å². The summed E-state index contributed by atoms with van der Waals surface area (Å²) < 4.78 is 0. The van der Waals surface area contributed by atoms with Gasteiger partial charge in [-0.3, -0.25) is 4.89 Å². The van der Waals surface area contributed by atoms with Crippen LogP contribution in [0.2, 0.25) is 0 Å². The highest BCUT2D eigenvalue weighted by Crippen LogP contribution is 2.43. The number of aromatic carboxylic acids is 1. The van der Waals surface area contributed by atoms with E-state index in [-0.39, 0.29) is 5.56 Å². The van der Waals surface area contributed by atoms with Crippen molar-refractivity contribution in [1.29, 1.82) is 0 Å². The number of hydrogen-bond acceptors (Lipinski definition) is 7. The molecule has 0 saturated carbocycles. The number of carboxylic acids is 1. The van der Waals surface area contributed by atoms with Gasteiger partial charge in [0, 0.05) is 5.56 Å². The molecule has 0 fully saturated rings. The third-order valence-electron chi connectivity index (χ3n) is 2.17. The van der Waals surface area contributed by atoms with Crippen molar-refractivity contribution in [2.75, 3.05) is 0 Å². The zero-order valence-electron chi connectivity index (χ0n) is 8.46. The van der Waals surface area contributed by atoms with Crippen LogP contribution in [0.1, 0.15) is 26.3 Å². The quantitative estimate of drug-likeness (QED) is 0.286.